The van der Waals surface area contributed by atoms with E-state index in [2.05, 4.69) is 65.3 Å². The van der Waals surface area contributed by atoms with Crippen molar-refractivity contribution in [3.63, 3.8) is 0 Å². The smallest absolute Gasteiger partial charge is 0.168 e. The Kier molecular flexibility index (Phi) is 2.98. The molecular weight excluding hydrogens is 372 g/mol. The number of allylic oxidation sites excluding steroid dienone is 1. The Morgan fingerprint density at radius 1 is 1.42 bits per heavy atom. The fourth-order valence-electron chi connectivity index (χ4n) is 4.02. The van der Waals surface area contributed by atoms with Gasteiger partial charge in [-0.25, -0.2) is 0 Å². The van der Waals surface area contributed by atoms with Crippen LogP contribution in [0.1, 0.15) is 34.1 Å². The third-order valence-electron chi connectivity index (χ3n) is 5.52. The van der Waals surface area contributed by atoms with Gasteiger partial charge in [0.15, 0.2) is 6.29 Å². The zero-order valence-electron chi connectivity index (χ0n) is 11.8. The van der Waals surface area contributed by atoms with Crippen LogP contribution >= 0.6 is 31.9 Å². The molecule has 19 heavy (non-hydrogen) atoms. The van der Waals surface area contributed by atoms with Crippen molar-refractivity contribution in [1.82, 2.24) is 0 Å². The van der Waals surface area contributed by atoms with E-state index in [0.29, 0.717) is 0 Å². The highest BCUT2D eigenvalue weighted by atomic mass is 79.9. The average molecular weight is 392 g/mol. The topological polar surface area (TPSA) is 18.5 Å². The fourth-order valence-corrected chi connectivity index (χ4v) is 5.77. The van der Waals surface area contributed by atoms with Gasteiger partial charge in [0.05, 0.1) is 21.9 Å². The Balaban J connectivity index is 2.11. The summed E-state index contributed by atoms with van der Waals surface area (Å²) in [6, 6.07) is 0. The van der Waals surface area contributed by atoms with Gasteiger partial charge in [-0.1, -0.05) is 63.9 Å². The largest absolute Gasteiger partial charge is 0.344 e. The number of halogens is 2. The quantitative estimate of drug-likeness (QED) is 0.482. The van der Waals surface area contributed by atoms with Gasteiger partial charge in [-0.05, 0) is 24.8 Å². The van der Waals surface area contributed by atoms with Crippen molar-refractivity contribution in [1.29, 1.82) is 0 Å². The van der Waals surface area contributed by atoms with E-state index in [-0.39, 0.29) is 33.7 Å². The molecule has 1 spiro atoms. The van der Waals surface area contributed by atoms with Crippen LogP contribution in [-0.4, -0.2) is 22.8 Å². The Labute approximate surface area is 131 Å². The second kappa shape index (κ2) is 3.96. The third-order valence-corrected chi connectivity index (χ3v) is 7.91. The van der Waals surface area contributed by atoms with Gasteiger partial charge in [-0.3, -0.25) is 0 Å². The lowest BCUT2D eigenvalue weighted by Crippen LogP contribution is -2.75. The summed E-state index contributed by atoms with van der Waals surface area (Å²) < 4.78 is 13.5. The minimum Gasteiger partial charge on any atom is -0.344 e. The van der Waals surface area contributed by atoms with E-state index in [1.165, 1.54) is 4.48 Å². The molecule has 106 valence electrons. The highest BCUT2D eigenvalue weighted by Crippen LogP contribution is 2.73. The Morgan fingerprint density at radius 3 is 2.63 bits per heavy atom. The minimum atomic E-state index is -0.220. The normalized spacial score (nSPS) is 50.8. The second-order valence-corrected chi connectivity index (χ2v) is 8.59. The maximum Gasteiger partial charge on any atom is 0.168 e. The number of alkyl halides is 1. The first-order valence-corrected chi connectivity index (χ1v) is 8.38. The highest BCUT2D eigenvalue weighted by Gasteiger charge is 2.78. The van der Waals surface area contributed by atoms with Crippen molar-refractivity contribution in [2.45, 2.75) is 56.9 Å². The monoisotopic (exact) mass is 390 g/mol. The van der Waals surface area contributed by atoms with Gasteiger partial charge >= 0.3 is 0 Å². The molecule has 0 radical (unpaired) electrons. The molecule has 4 heteroatoms. The Bertz CT molecular complexity index is 485. The van der Waals surface area contributed by atoms with E-state index in [1.54, 1.807) is 0 Å². The lowest BCUT2D eigenvalue weighted by Gasteiger charge is -2.68. The number of hydrogen-bond donors (Lipinski definition) is 0. The van der Waals surface area contributed by atoms with E-state index < -0.39 is 0 Å². The molecule has 1 aliphatic carbocycles. The van der Waals surface area contributed by atoms with Crippen molar-refractivity contribution >= 4 is 31.9 Å². The Hall–Kier alpha value is 0.360. The van der Waals surface area contributed by atoms with E-state index >= 15 is 0 Å². The van der Waals surface area contributed by atoms with Gasteiger partial charge in [-0.2, -0.15) is 0 Å². The summed E-state index contributed by atoms with van der Waals surface area (Å²) in [6.07, 6.45) is 3.16. The summed E-state index contributed by atoms with van der Waals surface area (Å²) in [6.45, 7) is 12.9. The summed E-state index contributed by atoms with van der Waals surface area (Å²) in [4.78, 5) is 0.200. The van der Waals surface area contributed by atoms with Gasteiger partial charge in [0.2, 0.25) is 0 Å². The molecule has 0 saturated carbocycles. The van der Waals surface area contributed by atoms with E-state index in [4.69, 9.17) is 9.47 Å². The summed E-state index contributed by atoms with van der Waals surface area (Å²) in [5, 5.41) is 0. The molecule has 0 aromatic heterocycles. The molecule has 3 aliphatic rings. The van der Waals surface area contributed by atoms with Crippen LogP contribution in [0, 0.1) is 10.8 Å². The predicted octanol–water partition coefficient (Wildman–Crippen LogP) is 4.53. The first-order valence-electron chi connectivity index (χ1n) is 6.67. The number of rotatable bonds is 1. The molecule has 2 nitrogen and oxygen atoms in total. The molecule has 0 aromatic carbocycles. The molecule has 2 saturated heterocycles. The van der Waals surface area contributed by atoms with Crippen molar-refractivity contribution in [2.24, 2.45) is 10.8 Å². The highest BCUT2D eigenvalue weighted by molar-refractivity contribution is 9.12. The zero-order chi connectivity index (χ0) is 14.2. The van der Waals surface area contributed by atoms with Gasteiger partial charge in [0.25, 0.3) is 0 Å². The molecule has 0 unspecified atom stereocenters. The fraction of sp³-hybridized carbons (Fsp3) is 0.733. The van der Waals surface area contributed by atoms with Crippen LogP contribution in [0.3, 0.4) is 0 Å². The minimum absolute atomic E-state index is 0.000856. The summed E-state index contributed by atoms with van der Waals surface area (Å²) in [7, 11) is 0. The third kappa shape index (κ3) is 1.44. The van der Waals surface area contributed by atoms with Crippen LogP contribution in [0.2, 0.25) is 0 Å². The number of hydrogen-bond acceptors (Lipinski definition) is 2. The summed E-state index contributed by atoms with van der Waals surface area (Å²) >= 11 is 7.53. The molecule has 2 aliphatic heterocycles. The molecule has 0 N–H and O–H groups in total. The summed E-state index contributed by atoms with van der Waals surface area (Å²) in [5.41, 5.74) is 0.856. The van der Waals surface area contributed by atoms with E-state index in [0.717, 1.165) is 12.0 Å². The van der Waals surface area contributed by atoms with Crippen LogP contribution in [0.5, 0.6) is 0 Å². The van der Waals surface area contributed by atoms with Crippen molar-refractivity contribution < 1.29 is 9.47 Å². The molecule has 5 atom stereocenters. The standard InChI is InChI=1S/C15H20Br2O2/c1-8(2)9-7-15-12(18-9)19-14(15,5)11(17)6-10(16)13(15,3)4/h6,9,11-12H,1,7H2,2-5H3/t9-,11+,12+,14-,15+/m1/s1. The molecule has 2 heterocycles. The molecule has 2 fully saturated rings. The molecule has 0 amide bonds. The Morgan fingerprint density at radius 2 is 2.05 bits per heavy atom. The molecular formula is C15H20Br2O2. The van der Waals surface area contributed by atoms with Crippen molar-refractivity contribution in [3.8, 4) is 0 Å². The second-order valence-electron chi connectivity index (χ2n) is 6.74. The van der Waals surface area contributed by atoms with E-state index in [9.17, 15) is 0 Å². The molecule has 0 aromatic rings. The van der Waals surface area contributed by atoms with Crippen LogP contribution in [0.4, 0.5) is 0 Å². The maximum absolute atomic E-state index is 6.15. The van der Waals surface area contributed by atoms with Gasteiger partial charge in [0.1, 0.15) is 0 Å². The zero-order valence-corrected chi connectivity index (χ0v) is 15.0. The lowest BCUT2D eigenvalue weighted by atomic mass is 9.49. The maximum atomic E-state index is 6.15. The molecule has 3 rings (SSSR count). The summed E-state index contributed by atoms with van der Waals surface area (Å²) in [5.74, 6) is 0. The van der Waals surface area contributed by atoms with Crippen LogP contribution < -0.4 is 0 Å². The first-order chi connectivity index (χ1) is 8.67. The first kappa shape index (κ1) is 14.3. The van der Waals surface area contributed by atoms with Crippen LogP contribution in [0.25, 0.3) is 0 Å². The molecule has 0 bridgehead atoms. The van der Waals surface area contributed by atoms with Gasteiger partial charge in [0, 0.05) is 5.41 Å². The van der Waals surface area contributed by atoms with Crippen LogP contribution in [0.15, 0.2) is 22.7 Å². The van der Waals surface area contributed by atoms with Crippen LogP contribution in [-0.2, 0) is 9.47 Å². The van der Waals surface area contributed by atoms with Crippen molar-refractivity contribution in [3.05, 3.63) is 22.7 Å². The average Bonchev–Trinajstić information content (AvgIpc) is 2.61. The predicted molar refractivity (Wildman–Crippen MR) is 83.5 cm³/mol. The lowest BCUT2D eigenvalue weighted by molar-refractivity contribution is -0.388. The van der Waals surface area contributed by atoms with Crippen molar-refractivity contribution in [2.75, 3.05) is 0 Å². The van der Waals surface area contributed by atoms with Gasteiger partial charge in [-0.15, -0.1) is 0 Å². The van der Waals surface area contributed by atoms with E-state index in [1.807, 2.05) is 6.92 Å². The SMILES string of the molecule is C=C(C)[C@H]1C[C@@]23[C@@H](O1)O[C@]2(C)[C@@H](Br)C=C(Br)C3(C)C. The van der Waals surface area contributed by atoms with Gasteiger partial charge < -0.3 is 9.47 Å². The number of ether oxygens (including phenoxy) is 2.